The third kappa shape index (κ3) is 10.9. The molecule has 2 rings (SSSR count). The molecule has 0 amide bonds. The van der Waals surface area contributed by atoms with Gasteiger partial charge in [0.15, 0.2) is 0 Å². The summed E-state index contributed by atoms with van der Waals surface area (Å²) in [7, 11) is -2.08. The fourth-order valence-electron chi connectivity index (χ4n) is 1.93. The lowest BCUT2D eigenvalue weighted by molar-refractivity contribution is 0.0593. The molecule has 2 aromatic rings. The number of ether oxygens (including phenoxy) is 2. The summed E-state index contributed by atoms with van der Waals surface area (Å²) in [6, 6.07) is 8.96. The van der Waals surface area contributed by atoms with Gasteiger partial charge < -0.3 is 19.7 Å². The zero-order valence-corrected chi connectivity index (χ0v) is 21.8. The van der Waals surface area contributed by atoms with Crippen LogP contribution in [0.3, 0.4) is 0 Å². The van der Waals surface area contributed by atoms with E-state index in [1.807, 2.05) is 22.6 Å². The van der Waals surface area contributed by atoms with E-state index in [4.69, 9.17) is 27.7 Å². The third-order valence-electron chi connectivity index (χ3n) is 3.27. The first-order chi connectivity index (χ1) is 15.1. The van der Waals surface area contributed by atoms with Gasteiger partial charge in [-0.15, -0.1) is 0 Å². The maximum absolute atomic E-state index is 11.3. The van der Waals surface area contributed by atoms with E-state index in [0.717, 1.165) is 0 Å². The number of rotatable bonds is 4. The Kier molecular flexibility index (Phi) is 13.0. The molecule has 0 atom stereocenters. The Morgan fingerprint density at radius 2 is 0.939 bits per heavy atom. The highest BCUT2D eigenvalue weighted by atomic mass is 127. The highest BCUT2D eigenvalue weighted by Gasteiger charge is 2.17. The van der Waals surface area contributed by atoms with Gasteiger partial charge in [-0.1, -0.05) is 12.1 Å². The minimum absolute atomic E-state index is 0.0144. The molecule has 2 aromatic carbocycles. The van der Waals surface area contributed by atoms with Crippen LogP contribution in [0, 0.1) is 7.14 Å². The monoisotopic (exact) mass is 710 g/mol. The molecule has 0 fully saturated rings. The van der Waals surface area contributed by atoms with Gasteiger partial charge in [-0.2, -0.15) is 8.42 Å². The second-order valence-electron chi connectivity index (χ2n) is 5.38. The summed E-state index contributed by atoms with van der Waals surface area (Å²) < 4.78 is 41.5. The fraction of sp³-hybridized carbons (Fsp3) is 0.111. The number of benzene rings is 2. The van der Waals surface area contributed by atoms with Crippen molar-refractivity contribution in [2.24, 2.45) is 0 Å². The molecular formula is C18H16I2O12S. The average Bonchev–Trinajstić information content (AvgIpc) is 2.71. The minimum atomic E-state index is -4.67. The molecule has 180 valence electrons. The third-order valence-corrected chi connectivity index (χ3v) is 5.59. The van der Waals surface area contributed by atoms with Crippen molar-refractivity contribution in [2.75, 3.05) is 14.2 Å². The number of hydrogen-bond donors (Lipinski definition) is 4. The number of carbonyl (C=O) groups excluding carboxylic acids is 2. The van der Waals surface area contributed by atoms with Gasteiger partial charge in [-0.3, -0.25) is 9.11 Å². The number of esters is 2. The second-order valence-corrected chi connectivity index (χ2v) is 8.43. The van der Waals surface area contributed by atoms with Gasteiger partial charge in [0.2, 0.25) is 0 Å². The van der Waals surface area contributed by atoms with E-state index >= 15 is 0 Å². The van der Waals surface area contributed by atoms with E-state index in [0.29, 0.717) is 14.7 Å². The Morgan fingerprint density at radius 1 is 0.697 bits per heavy atom. The minimum Gasteiger partial charge on any atom is -0.478 e. The molecular weight excluding hydrogens is 694 g/mol. The Hall–Kier alpha value is -2.35. The van der Waals surface area contributed by atoms with E-state index < -0.39 is 34.3 Å². The highest BCUT2D eigenvalue weighted by molar-refractivity contribution is 14.1. The molecule has 0 bridgehead atoms. The average molecular weight is 710 g/mol. The molecule has 0 unspecified atom stereocenters. The van der Waals surface area contributed by atoms with Gasteiger partial charge in [0.25, 0.3) is 0 Å². The summed E-state index contributed by atoms with van der Waals surface area (Å²) in [5.41, 5.74) is 0.753. The molecule has 0 spiro atoms. The lowest BCUT2D eigenvalue weighted by Gasteiger charge is -2.06. The summed E-state index contributed by atoms with van der Waals surface area (Å²) in [6.45, 7) is 0. The number of carbonyl (C=O) groups is 4. The molecule has 0 aromatic heterocycles. The van der Waals surface area contributed by atoms with Gasteiger partial charge in [0.05, 0.1) is 36.5 Å². The Balaban J connectivity index is 0.000000520. The molecule has 0 aliphatic carbocycles. The summed E-state index contributed by atoms with van der Waals surface area (Å²) in [5, 5.41) is 17.3. The van der Waals surface area contributed by atoms with Gasteiger partial charge in [-0.25, -0.2) is 19.2 Å². The first-order valence-corrected chi connectivity index (χ1v) is 11.6. The fourth-order valence-corrected chi connectivity index (χ4v) is 3.55. The Labute approximate surface area is 214 Å². The van der Waals surface area contributed by atoms with Crippen molar-refractivity contribution >= 4 is 79.5 Å². The molecule has 0 aliphatic rings. The predicted octanol–water partition coefficient (Wildman–Crippen LogP) is 2.90. The normalized spacial score (nSPS) is 9.88. The zero-order chi connectivity index (χ0) is 25.9. The van der Waals surface area contributed by atoms with Crippen molar-refractivity contribution in [3.8, 4) is 0 Å². The van der Waals surface area contributed by atoms with Crippen LogP contribution in [0.2, 0.25) is 0 Å². The molecule has 12 nitrogen and oxygen atoms in total. The topological polar surface area (TPSA) is 202 Å². The summed E-state index contributed by atoms with van der Waals surface area (Å²) in [4.78, 5) is 43.8. The van der Waals surface area contributed by atoms with Gasteiger partial charge >= 0.3 is 34.3 Å². The van der Waals surface area contributed by atoms with Crippen LogP contribution < -0.4 is 0 Å². The lowest BCUT2D eigenvalue weighted by atomic mass is 10.1. The SMILES string of the molecule is COC(=O)c1cccc(C(=O)OC)c1I.O=C(O)c1cccc(C(=O)O)c1I.O=S(=O)(O)O. The smallest absolute Gasteiger partial charge is 0.394 e. The van der Waals surface area contributed by atoms with Crippen molar-refractivity contribution < 1.29 is 56.4 Å². The van der Waals surface area contributed by atoms with Crippen molar-refractivity contribution in [1.29, 1.82) is 0 Å². The van der Waals surface area contributed by atoms with Crippen LogP contribution >= 0.6 is 45.2 Å². The van der Waals surface area contributed by atoms with E-state index in [1.54, 1.807) is 40.8 Å². The first-order valence-electron chi connectivity index (χ1n) is 8.05. The van der Waals surface area contributed by atoms with Crippen LogP contribution in [0.15, 0.2) is 36.4 Å². The maximum atomic E-state index is 11.3. The molecule has 0 heterocycles. The maximum Gasteiger partial charge on any atom is 0.394 e. The largest absolute Gasteiger partial charge is 0.478 e. The number of carboxylic acid groups (broad SMARTS) is 2. The van der Waals surface area contributed by atoms with Gasteiger partial charge in [0.1, 0.15) is 0 Å². The van der Waals surface area contributed by atoms with Crippen molar-refractivity contribution in [1.82, 2.24) is 0 Å². The second kappa shape index (κ2) is 14.0. The molecule has 0 saturated heterocycles. The van der Waals surface area contributed by atoms with E-state index in [2.05, 4.69) is 9.47 Å². The van der Waals surface area contributed by atoms with Crippen molar-refractivity contribution in [3.05, 3.63) is 65.8 Å². The number of halogens is 2. The molecule has 0 saturated carbocycles. The number of aromatic carboxylic acids is 2. The number of methoxy groups -OCH3 is 2. The summed E-state index contributed by atoms with van der Waals surface area (Å²) >= 11 is 3.63. The van der Waals surface area contributed by atoms with Crippen LogP contribution in [-0.4, -0.2) is 65.8 Å². The zero-order valence-electron chi connectivity index (χ0n) is 16.7. The van der Waals surface area contributed by atoms with Crippen LogP contribution in [0.4, 0.5) is 0 Å². The van der Waals surface area contributed by atoms with Crippen molar-refractivity contribution in [2.45, 2.75) is 0 Å². The first kappa shape index (κ1) is 30.6. The summed E-state index contributed by atoms with van der Waals surface area (Å²) in [5.74, 6) is -3.17. The number of carboxylic acids is 2. The quantitative estimate of drug-likeness (QED) is 0.206. The van der Waals surface area contributed by atoms with E-state index in [1.165, 1.54) is 32.4 Å². The highest BCUT2D eigenvalue weighted by Crippen LogP contribution is 2.19. The Morgan fingerprint density at radius 3 is 1.18 bits per heavy atom. The summed E-state index contributed by atoms with van der Waals surface area (Å²) in [6.07, 6.45) is 0. The van der Waals surface area contributed by atoms with E-state index in [9.17, 15) is 19.2 Å². The molecule has 4 N–H and O–H groups in total. The van der Waals surface area contributed by atoms with Crippen LogP contribution in [0.25, 0.3) is 0 Å². The van der Waals surface area contributed by atoms with Crippen LogP contribution in [-0.2, 0) is 19.9 Å². The standard InChI is InChI=1S/C10H9IO4.C8H5IO4.H2O4S/c1-14-9(12)6-4-3-5-7(8(6)11)10(13)15-2;9-6-4(7(10)11)2-1-3-5(6)8(12)13;1-5(2,3)4/h3-5H,1-2H3;1-3H,(H,10,11)(H,12,13);(H2,1,2,3,4). The molecule has 0 radical (unpaired) electrons. The van der Waals surface area contributed by atoms with Crippen LogP contribution in [0.5, 0.6) is 0 Å². The van der Waals surface area contributed by atoms with Gasteiger partial charge in [0, 0.05) is 7.14 Å². The van der Waals surface area contributed by atoms with E-state index in [-0.39, 0.29) is 14.7 Å². The van der Waals surface area contributed by atoms with Crippen molar-refractivity contribution in [3.63, 3.8) is 0 Å². The van der Waals surface area contributed by atoms with Gasteiger partial charge in [-0.05, 0) is 69.4 Å². The lowest BCUT2D eigenvalue weighted by Crippen LogP contribution is -2.10. The van der Waals surface area contributed by atoms with Crippen LogP contribution in [0.1, 0.15) is 41.4 Å². The predicted molar refractivity (Wildman–Crippen MR) is 129 cm³/mol. The Bertz CT molecular complexity index is 1070. The molecule has 0 aliphatic heterocycles. The molecule has 33 heavy (non-hydrogen) atoms. The number of hydrogen-bond acceptors (Lipinski definition) is 8. The molecule has 15 heteroatoms.